The number of aromatic amines is 1. The van der Waals surface area contributed by atoms with Crippen LogP contribution in [0.4, 0.5) is 0 Å². The number of amides is 3. The van der Waals surface area contributed by atoms with E-state index in [0.29, 0.717) is 36.1 Å². The Morgan fingerprint density at radius 1 is 1.10 bits per heavy atom. The van der Waals surface area contributed by atoms with E-state index in [1.165, 1.54) is 11.0 Å². The summed E-state index contributed by atoms with van der Waals surface area (Å²) in [7, 11) is 0. The van der Waals surface area contributed by atoms with Gasteiger partial charge in [-0.25, -0.2) is 0 Å². The van der Waals surface area contributed by atoms with Gasteiger partial charge in [0.05, 0.1) is 11.1 Å². The van der Waals surface area contributed by atoms with Gasteiger partial charge in [-0.1, -0.05) is 25.1 Å². The first kappa shape index (κ1) is 18.9. The van der Waals surface area contributed by atoms with E-state index in [2.05, 4.69) is 16.4 Å². The second-order valence-corrected chi connectivity index (χ2v) is 7.36. The summed E-state index contributed by atoms with van der Waals surface area (Å²) in [6.07, 6.45) is 3.34. The van der Waals surface area contributed by atoms with Gasteiger partial charge in [0.15, 0.2) is 0 Å². The largest absolute Gasteiger partial charge is 0.361 e. The third kappa shape index (κ3) is 3.31. The first-order valence-electron chi connectivity index (χ1n) is 9.86. The minimum Gasteiger partial charge on any atom is -0.361 e. The van der Waals surface area contributed by atoms with Crippen molar-refractivity contribution in [3.05, 3.63) is 70.9 Å². The van der Waals surface area contributed by atoms with Crippen molar-refractivity contribution in [3.63, 3.8) is 0 Å². The molecular weight excluding hydrogens is 366 g/mol. The molecule has 6 heteroatoms. The van der Waals surface area contributed by atoms with Crippen LogP contribution in [0.5, 0.6) is 0 Å². The maximum Gasteiger partial charge on any atom is 0.261 e. The molecule has 0 bridgehead atoms. The number of imide groups is 1. The molecule has 2 aromatic carbocycles. The molecule has 1 atom stereocenters. The number of rotatable bonds is 6. The Morgan fingerprint density at radius 3 is 2.66 bits per heavy atom. The normalized spacial score (nSPS) is 14.3. The van der Waals surface area contributed by atoms with Gasteiger partial charge >= 0.3 is 0 Å². The minimum atomic E-state index is -0.326. The number of carbonyl (C=O) groups excluding carboxylic acids is 3. The quantitative estimate of drug-likeness (QED) is 0.633. The van der Waals surface area contributed by atoms with Crippen molar-refractivity contribution >= 4 is 28.6 Å². The molecule has 1 aromatic heterocycles. The Labute approximate surface area is 168 Å². The van der Waals surface area contributed by atoms with Crippen molar-refractivity contribution in [2.45, 2.75) is 32.7 Å². The van der Waals surface area contributed by atoms with Gasteiger partial charge in [-0.05, 0) is 49.6 Å². The highest BCUT2D eigenvalue weighted by Gasteiger charge is 2.38. The number of hydrogen-bond acceptors (Lipinski definition) is 3. The zero-order valence-corrected chi connectivity index (χ0v) is 16.5. The Balaban J connectivity index is 1.45. The summed E-state index contributed by atoms with van der Waals surface area (Å²) in [4.78, 5) is 42.2. The van der Waals surface area contributed by atoms with Crippen molar-refractivity contribution in [1.29, 1.82) is 0 Å². The Morgan fingerprint density at radius 2 is 1.86 bits per heavy atom. The number of aromatic nitrogens is 1. The molecular formula is C23H23N3O3. The molecule has 0 fully saturated rings. The smallest absolute Gasteiger partial charge is 0.261 e. The van der Waals surface area contributed by atoms with Gasteiger partial charge in [0.25, 0.3) is 17.7 Å². The molecule has 29 heavy (non-hydrogen) atoms. The fourth-order valence-electron chi connectivity index (χ4n) is 3.73. The second-order valence-electron chi connectivity index (χ2n) is 7.36. The first-order valence-corrected chi connectivity index (χ1v) is 9.86. The van der Waals surface area contributed by atoms with E-state index in [-0.39, 0.29) is 23.8 Å². The van der Waals surface area contributed by atoms with Gasteiger partial charge in [-0.3, -0.25) is 19.3 Å². The van der Waals surface area contributed by atoms with Crippen LogP contribution in [0.2, 0.25) is 0 Å². The molecule has 0 aliphatic carbocycles. The molecule has 0 spiro atoms. The summed E-state index contributed by atoms with van der Waals surface area (Å²) >= 11 is 0. The van der Waals surface area contributed by atoms with Crippen LogP contribution < -0.4 is 5.32 Å². The van der Waals surface area contributed by atoms with Crippen molar-refractivity contribution < 1.29 is 14.4 Å². The van der Waals surface area contributed by atoms with E-state index >= 15 is 0 Å². The van der Waals surface area contributed by atoms with Crippen LogP contribution in [0.3, 0.4) is 0 Å². The average molecular weight is 389 g/mol. The third-order valence-corrected chi connectivity index (χ3v) is 5.57. The highest BCUT2D eigenvalue weighted by molar-refractivity contribution is 6.22. The van der Waals surface area contributed by atoms with E-state index in [1.807, 2.05) is 38.2 Å². The van der Waals surface area contributed by atoms with Crippen LogP contribution in [0.25, 0.3) is 10.9 Å². The highest BCUT2D eigenvalue weighted by Crippen LogP contribution is 2.26. The molecule has 3 amide bonds. The molecule has 0 radical (unpaired) electrons. The summed E-state index contributed by atoms with van der Waals surface area (Å²) in [6.45, 7) is 4.25. The molecule has 148 valence electrons. The van der Waals surface area contributed by atoms with Crippen molar-refractivity contribution in [1.82, 2.24) is 15.2 Å². The van der Waals surface area contributed by atoms with Crippen molar-refractivity contribution in [2.75, 3.05) is 6.54 Å². The minimum absolute atomic E-state index is 0.171. The molecule has 2 heterocycles. The molecule has 0 saturated heterocycles. The van der Waals surface area contributed by atoms with Crippen molar-refractivity contribution in [2.24, 2.45) is 0 Å². The van der Waals surface area contributed by atoms with E-state index in [4.69, 9.17) is 0 Å². The summed E-state index contributed by atoms with van der Waals surface area (Å²) < 4.78 is 0. The Kier molecular flexibility index (Phi) is 4.92. The van der Waals surface area contributed by atoms with Crippen LogP contribution >= 0.6 is 0 Å². The maximum atomic E-state index is 12.6. The summed E-state index contributed by atoms with van der Waals surface area (Å²) in [6, 6.07) is 12.6. The van der Waals surface area contributed by atoms with Crippen LogP contribution in [0, 0.1) is 0 Å². The number of benzene rings is 2. The standard InChI is InChI=1S/C23H23N3O3/c1-3-14(2)26-22(28)18-9-8-15(12-19(18)23(26)29)21(27)24-11-10-16-13-25-20-7-5-4-6-17(16)20/h4-9,12-14,25H,3,10-11H2,1-2H3,(H,24,27)/t14-/m1/s1. The number of H-pyrrole nitrogens is 1. The average Bonchev–Trinajstić information content (AvgIpc) is 3.26. The Hall–Kier alpha value is -3.41. The number of nitrogens with one attached hydrogen (secondary N) is 2. The molecule has 4 rings (SSSR count). The monoisotopic (exact) mass is 389 g/mol. The fourth-order valence-corrected chi connectivity index (χ4v) is 3.73. The number of carbonyl (C=O) groups is 3. The maximum absolute atomic E-state index is 12.6. The third-order valence-electron chi connectivity index (χ3n) is 5.57. The van der Waals surface area contributed by atoms with E-state index < -0.39 is 0 Å². The lowest BCUT2D eigenvalue weighted by atomic mass is 10.1. The molecule has 6 nitrogen and oxygen atoms in total. The van der Waals surface area contributed by atoms with Crippen LogP contribution in [-0.4, -0.2) is 40.2 Å². The lowest BCUT2D eigenvalue weighted by Gasteiger charge is -2.20. The molecule has 0 unspecified atom stereocenters. The van der Waals surface area contributed by atoms with Gasteiger partial charge < -0.3 is 10.3 Å². The second kappa shape index (κ2) is 7.54. The molecule has 2 N–H and O–H groups in total. The lowest BCUT2D eigenvalue weighted by molar-refractivity contribution is 0.0593. The first-order chi connectivity index (χ1) is 14.0. The molecule has 1 aliphatic rings. The van der Waals surface area contributed by atoms with Gasteiger partial charge in [0.2, 0.25) is 0 Å². The zero-order valence-electron chi connectivity index (χ0n) is 16.5. The number of fused-ring (bicyclic) bond motifs is 2. The van der Waals surface area contributed by atoms with E-state index in [9.17, 15) is 14.4 Å². The zero-order chi connectivity index (χ0) is 20.5. The predicted molar refractivity (Wildman–Crippen MR) is 111 cm³/mol. The Bertz CT molecular complexity index is 1120. The topological polar surface area (TPSA) is 82.3 Å². The van der Waals surface area contributed by atoms with E-state index in [1.54, 1.807) is 12.1 Å². The number of para-hydroxylation sites is 1. The van der Waals surface area contributed by atoms with Crippen molar-refractivity contribution in [3.8, 4) is 0 Å². The summed E-state index contributed by atoms with van der Waals surface area (Å²) in [5.74, 6) is -0.867. The molecule has 0 saturated carbocycles. The van der Waals surface area contributed by atoms with Gasteiger partial charge in [0, 0.05) is 35.2 Å². The predicted octanol–water partition coefficient (Wildman–Crippen LogP) is 3.53. The summed E-state index contributed by atoms with van der Waals surface area (Å²) in [5.41, 5.74) is 3.27. The number of hydrogen-bond donors (Lipinski definition) is 2. The fraction of sp³-hybridized carbons (Fsp3) is 0.261. The highest BCUT2D eigenvalue weighted by atomic mass is 16.2. The van der Waals surface area contributed by atoms with E-state index in [0.717, 1.165) is 16.5 Å². The number of nitrogens with zero attached hydrogens (tertiary/aromatic N) is 1. The molecule has 3 aromatic rings. The summed E-state index contributed by atoms with van der Waals surface area (Å²) in [5, 5.41) is 4.05. The SMILES string of the molecule is CC[C@@H](C)N1C(=O)c2ccc(C(=O)NCCc3c[nH]c4ccccc34)cc2C1=O. The van der Waals surface area contributed by atoms with Crippen LogP contribution in [0.1, 0.15) is 56.9 Å². The van der Waals surface area contributed by atoms with Crippen LogP contribution in [0.15, 0.2) is 48.7 Å². The molecule has 1 aliphatic heterocycles. The lowest BCUT2D eigenvalue weighted by Crippen LogP contribution is -2.37. The van der Waals surface area contributed by atoms with Crippen LogP contribution in [-0.2, 0) is 6.42 Å². The van der Waals surface area contributed by atoms with Gasteiger partial charge in [-0.15, -0.1) is 0 Å². The van der Waals surface area contributed by atoms with Gasteiger partial charge in [-0.2, -0.15) is 0 Å². The van der Waals surface area contributed by atoms with Gasteiger partial charge in [0.1, 0.15) is 0 Å².